The first-order valence-corrected chi connectivity index (χ1v) is 14.3. The second-order valence-corrected chi connectivity index (χ2v) is 13.6. The monoisotopic (exact) mass is 438 g/mol. The highest BCUT2D eigenvalue weighted by Crippen LogP contribution is 2.70. The van der Waals surface area contributed by atoms with E-state index in [-0.39, 0.29) is 11.5 Å². The molecule has 1 N–H and O–H groups in total. The molecule has 2 unspecified atom stereocenters. The Balaban J connectivity index is 1.41. The molecule has 0 aromatic rings. The second-order valence-electron chi connectivity index (χ2n) is 13.6. The lowest BCUT2D eigenvalue weighted by Gasteiger charge is -2.61. The number of hydrogen-bond acceptors (Lipinski definition) is 1. The van der Waals surface area contributed by atoms with Crippen molar-refractivity contribution in [1.29, 1.82) is 0 Å². The maximum absolute atomic E-state index is 11.2. The van der Waals surface area contributed by atoms with Crippen LogP contribution in [0.5, 0.6) is 0 Å². The highest BCUT2D eigenvalue weighted by molar-refractivity contribution is 5.35. The van der Waals surface area contributed by atoms with Crippen LogP contribution in [-0.4, -0.2) is 11.2 Å². The summed E-state index contributed by atoms with van der Waals surface area (Å²) in [5.74, 6) is 3.35. The van der Waals surface area contributed by atoms with E-state index >= 15 is 0 Å². The molecular formula is C31H50O. The lowest BCUT2D eigenvalue weighted by atomic mass is 9.44. The van der Waals surface area contributed by atoms with Gasteiger partial charge in [0.05, 0.1) is 6.10 Å². The smallest absolute Gasteiger partial charge is 0.0599 e. The molecule has 0 bridgehead atoms. The van der Waals surface area contributed by atoms with Crippen LogP contribution in [0.4, 0.5) is 0 Å². The van der Waals surface area contributed by atoms with Crippen molar-refractivity contribution in [1.82, 2.24) is 0 Å². The summed E-state index contributed by atoms with van der Waals surface area (Å²) in [6, 6.07) is 0. The van der Waals surface area contributed by atoms with Crippen LogP contribution in [0, 0.1) is 39.9 Å². The molecule has 32 heavy (non-hydrogen) atoms. The van der Waals surface area contributed by atoms with Crippen molar-refractivity contribution in [3.63, 3.8) is 0 Å². The summed E-state index contributed by atoms with van der Waals surface area (Å²) >= 11 is 0. The molecule has 5 aliphatic carbocycles. The van der Waals surface area contributed by atoms with E-state index in [0.29, 0.717) is 10.8 Å². The number of aliphatic hydroxyl groups is 1. The molecule has 0 saturated heterocycles. The molecule has 0 radical (unpaired) electrons. The third-order valence-corrected chi connectivity index (χ3v) is 12.0. The molecule has 7 atom stereocenters. The van der Waals surface area contributed by atoms with Crippen LogP contribution in [0.2, 0.25) is 0 Å². The van der Waals surface area contributed by atoms with Gasteiger partial charge in [-0.25, -0.2) is 0 Å². The standard InChI is InChI=1S/C31H50O/c1-21(2)9-8-10-22(3)24-12-13-25-23-11-14-27-30(5,26(23)15-19-29(24,25)4)20-16-28(32)31(27)17-6-7-18-31/h9,22,24-25,27-28,32H,6-8,10-20H2,1-5H3/t22-,24-,25+,27?,28?,29-,30-/m1/s1. The predicted molar refractivity (Wildman–Crippen MR) is 135 cm³/mol. The van der Waals surface area contributed by atoms with Crippen LogP contribution in [0.1, 0.15) is 125 Å². The van der Waals surface area contributed by atoms with Crippen LogP contribution < -0.4 is 0 Å². The minimum atomic E-state index is -0.0309. The number of fused-ring (bicyclic) bond motifs is 5. The Morgan fingerprint density at radius 1 is 1.00 bits per heavy atom. The zero-order valence-corrected chi connectivity index (χ0v) is 21.8. The number of hydrogen-bond donors (Lipinski definition) is 1. The lowest BCUT2D eigenvalue weighted by Crippen LogP contribution is -2.55. The molecule has 0 heterocycles. The Hall–Kier alpha value is -0.560. The molecule has 3 fully saturated rings. The van der Waals surface area contributed by atoms with E-state index in [1.54, 1.807) is 0 Å². The topological polar surface area (TPSA) is 20.2 Å². The second kappa shape index (κ2) is 8.28. The molecular weight excluding hydrogens is 388 g/mol. The molecule has 0 aromatic heterocycles. The highest BCUT2D eigenvalue weighted by atomic mass is 16.3. The van der Waals surface area contributed by atoms with E-state index in [4.69, 9.17) is 0 Å². The van der Waals surface area contributed by atoms with Crippen molar-refractivity contribution in [2.75, 3.05) is 0 Å². The largest absolute Gasteiger partial charge is 0.393 e. The molecule has 180 valence electrons. The van der Waals surface area contributed by atoms with Crippen molar-refractivity contribution >= 4 is 0 Å². The Morgan fingerprint density at radius 2 is 1.75 bits per heavy atom. The lowest BCUT2D eigenvalue weighted by molar-refractivity contribution is -0.110. The van der Waals surface area contributed by atoms with Crippen LogP contribution in [0.3, 0.4) is 0 Å². The van der Waals surface area contributed by atoms with E-state index in [9.17, 15) is 5.11 Å². The summed E-state index contributed by atoms with van der Waals surface area (Å²) in [7, 11) is 0. The first kappa shape index (κ1) is 23.2. The van der Waals surface area contributed by atoms with Crippen molar-refractivity contribution in [3.05, 3.63) is 22.8 Å². The zero-order chi connectivity index (χ0) is 22.7. The van der Waals surface area contributed by atoms with Crippen molar-refractivity contribution in [2.24, 2.45) is 39.9 Å². The average molecular weight is 439 g/mol. The summed E-state index contributed by atoms with van der Waals surface area (Å²) in [6.45, 7) is 12.4. The van der Waals surface area contributed by atoms with Gasteiger partial charge >= 0.3 is 0 Å². The summed E-state index contributed by atoms with van der Waals surface area (Å²) in [5.41, 5.74) is 6.48. The van der Waals surface area contributed by atoms with Gasteiger partial charge in [0.1, 0.15) is 0 Å². The van der Waals surface area contributed by atoms with Crippen LogP contribution >= 0.6 is 0 Å². The number of aliphatic hydroxyl groups excluding tert-OH is 1. The minimum absolute atomic E-state index is 0.0309. The van der Waals surface area contributed by atoms with Gasteiger partial charge in [0, 0.05) is 0 Å². The third-order valence-electron chi connectivity index (χ3n) is 12.0. The first-order valence-electron chi connectivity index (χ1n) is 14.3. The van der Waals surface area contributed by atoms with E-state index in [1.165, 1.54) is 89.0 Å². The molecule has 1 nitrogen and oxygen atoms in total. The van der Waals surface area contributed by atoms with Gasteiger partial charge in [-0.2, -0.15) is 0 Å². The number of allylic oxidation sites excluding steroid dienone is 4. The normalized spacial score (nSPS) is 43.6. The molecule has 0 aromatic carbocycles. The molecule has 1 heteroatoms. The van der Waals surface area contributed by atoms with Gasteiger partial charge in [-0.05, 0) is 131 Å². The highest BCUT2D eigenvalue weighted by Gasteiger charge is 2.61. The van der Waals surface area contributed by atoms with Gasteiger partial charge in [0.25, 0.3) is 0 Å². The number of rotatable bonds is 4. The van der Waals surface area contributed by atoms with Gasteiger partial charge in [-0.3, -0.25) is 0 Å². The van der Waals surface area contributed by atoms with Crippen LogP contribution in [0.15, 0.2) is 22.8 Å². The molecule has 0 amide bonds. The van der Waals surface area contributed by atoms with Crippen molar-refractivity contribution < 1.29 is 5.11 Å². The van der Waals surface area contributed by atoms with Crippen molar-refractivity contribution in [2.45, 2.75) is 131 Å². The summed E-state index contributed by atoms with van der Waals surface area (Å²) in [5, 5.41) is 11.2. The fourth-order valence-corrected chi connectivity index (χ4v) is 10.5. The molecule has 5 rings (SSSR count). The Morgan fingerprint density at radius 3 is 2.47 bits per heavy atom. The SMILES string of the molecule is CC(C)=CCC[C@@H](C)[C@H]1CC[C@H]2C3=C(CC[C@]12C)[C@@]1(C)CCC(O)C2(CCCC2)C1CC3. The average Bonchev–Trinajstić information content (AvgIpc) is 3.36. The van der Waals surface area contributed by atoms with Gasteiger partial charge in [0.2, 0.25) is 0 Å². The van der Waals surface area contributed by atoms with Crippen molar-refractivity contribution in [3.8, 4) is 0 Å². The molecule has 1 spiro atoms. The fourth-order valence-electron chi connectivity index (χ4n) is 10.5. The third kappa shape index (κ3) is 3.34. The minimum Gasteiger partial charge on any atom is -0.393 e. The predicted octanol–water partition coefficient (Wildman–Crippen LogP) is 8.62. The van der Waals surface area contributed by atoms with E-state index in [0.717, 1.165) is 30.1 Å². The van der Waals surface area contributed by atoms with Crippen LogP contribution in [0.25, 0.3) is 0 Å². The van der Waals surface area contributed by atoms with E-state index in [2.05, 4.69) is 40.7 Å². The van der Waals surface area contributed by atoms with Crippen LogP contribution in [-0.2, 0) is 0 Å². The fraction of sp³-hybridized carbons (Fsp3) is 0.871. The Kier molecular flexibility index (Phi) is 6.00. The molecule has 5 aliphatic rings. The summed E-state index contributed by atoms with van der Waals surface area (Å²) in [4.78, 5) is 0. The zero-order valence-electron chi connectivity index (χ0n) is 21.8. The van der Waals surface area contributed by atoms with Gasteiger partial charge in [-0.15, -0.1) is 0 Å². The van der Waals surface area contributed by atoms with E-state index in [1.807, 2.05) is 11.1 Å². The van der Waals surface area contributed by atoms with Gasteiger partial charge < -0.3 is 5.11 Å². The Labute approximate surface area is 198 Å². The maximum atomic E-state index is 11.2. The van der Waals surface area contributed by atoms with Gasteiger partial charge in [0.15, 0.2) is 0 Å². The Bertz CT molecular complexity index is 778. The maximum Gasteiger partial charge on any atom is 0.0599 e. The van der Waals surface area contributed by atoms with E-state index < -0.39 is 0 Å². The quantitative estimate of drug-likeness (QED) is 0.435. The van der Waals surface area contributed by atoms with Gasteiger partial charge in [-0.1, -0.05) is 56.4 Å². The summed E-state index contributed by atoms with van der Waals surface area (Å²) < 4.78 is 0. The molecule has 0 aliphatic heterocycles. The first-order chi connectivity index (χ1) is 15.2. The molecule has 3 saturated carbocycles. The summed E-state index contributed by atoms with van der Waals surface area (Å²) in [6.07, 6.45) is 21.0.